The maximum atomic E-state index is 6.24. The number of ether oxygens (including phenoxy) is 1. The number of halogens is 5. The molecule has 0 radical (unpaired) electrons. The zero-order valence-corrected chi connectivity index (χ0v) is 27.9. The van der Waals surface area contributed by atoms with Crippen molar-refractivity contribution in [3.63, 3.8) is 0 Å². The first-order valence-electron chi connectivity index (χ1n) is 9.63. The van der Waals surface area contributed by atoms with Gasteiger partial charge < -0.3 is 4.74 Å². The van der Waals surface area contributed by atoms with Crippen molar-refractivity contribution in [2.75, 3.05) is 0 Å². The number of rotatable bonds is 4. The molecular weight excluding hydrogens is 983 g/mol. The van der Waals surface area contributed by atoms with Crippen molar-refractivity contribution < 1.29 is 4.74 Å². The first-order valence-corrected chi connectivity index (χ1v) is 16.2. The Bertz CT molecular complexity index is 1390. The fraction of sp³-hybridized carbons (Fsp3) is 0.0400. The molecule has 0 spiro atoms. The SMILES string of the molecule is Ic1c(I)c(I)c(COc2ccc(-[s+]3c4ccccc4c4ccccc43)cc2)c(I)c1I. The van der Waals surface area contributed by atoms with E-state index in [-0.39, 0.29) is 10.5 Å². The van der Waals surface area contributed by atoms with E-state index in [2.05, 4.69) is 186 Å². The maximum absolute atomic E-state index is 6.24. The van der Waals surface area contributed by atoms with Crippen molar-refractivity contribution in [3.8, 4) is 10.6 Å². The monoisotopic (exact) mass is 997 g/mol. The summed E-state index contributed by atoms with van der Waals surface area (Å²) in [5.74, 6) is 0.910. The van der Waals surface area contributed by atoms with Crippen LogP contribution in [0, 0.1) is 17.9 Å². The van der Waals surface area contributed by atoms with Crippen molar-refractivity contribution in [1.82, 2.24) is 0 Å². The molecule has 1 nitrogen and oxygen atoms in total. The van der Waals surface area contributed by atoms with Gasteiger partial charge in [-0.1, -0.05) is 24.3 Å². The normalized spacial score (nSPS) is 11.4. The van der Waals surface area contributed by atoms with Gasteiger partial charge in [0.25, 0.3) is 0 Å². The number of hydrogen-bond donors (Lipinski definition) is 0. The number of benzene rings is 4. The van der Waals surface area contributed by atoms with E-state index in [0.717, 1.165) is 5.75 Å². The van der Waals surface area contributed by atoms with Gasteiger partial charge in [0.1, 0.15) is 12.4 Å². The van der Waals surface area contributed by atoms with Gasteiger partial charge in [-0.05, 0) is 149 Å². The lowest BCUT2D eigenvalue weighted by molar-refractivity contribution is 0.304. The van der Waals surface area contributed by atoms with Crippen molar-refractivity contribution in [2.24, 2.45) is 0 Å². The van der Waals surface area contributed by atoms with Gasteiger partial charge in [-0.3, -0.25) is 0 Å². The molecule has 5 aromatic rings. The second-order valence-electron chi connectivity index (χ2n) is 7.11. The molecule has 0 saturated heterocycles. The Kier molecular flexibility index (Phi) is 7.78. The molecule has 0 amide bonds. The van der Waals surface area contributed by atoms with Gasteiger partial charge >= 0.3 is 0 Å². The second-order valence-corrected chi connectivity index (χ2v) is 14.5. The summed E-state index contributed by atoms with van der Waals surface area (Å²) in [5, 5.41) is 2.72. The molecule has 7 heteroatoms. The van der Waals surface area contributed by atoms with Crippen molar-refractivity contribution >= 4 is 144 Å². The predicted molar refractivity (Wildman–Crippen MR) is 180 cm³/mol. The van der Waals surface area contributed by atoms with E-state index in [4.69, 9.17) is 4.74 Å². The molecule has 0 fully saturated rings. The van der Waals surface area contributed by atoms with E-state index in [1.807, 2.05) is 0 Å². The maximum Gasteiger partial charge on any atom is 0.187 e. The Morgan fingerprint density at radius 3 is 1.56 bits per heavy atom. The van der Waals surface area contributed by atoms with Crippen molar-refractivity contribution in [2.45, 2.75) is 6.61 Å². The molecule has 160 valence electrons. The van der Waals surface area contributed by atoms with Gasteiger partial charge in [-0.15, -0.1) is 0 Å². The van der Waals surface area contributed by atoms with E-state index in [0.29, 0.717) is 6.61 Å². The van der Waals surface area contributed by atoms with Crippen LogP contribution >= 0.6 is 123 Å². The Balaban J connectivity index is 1.48. The van der Waals surface area contributed by atoms with Gasteiger partial charge in [0.2, 0.25) is 0 Å². The van der Waals surface area contributed by atoms with Crippen LogP contribution in [0.5, 0.6) is 5.75 Å². The largest absolute Gasteiger partial charge is 0.489 e. The zero-order valence-electron chi connectivity index (χ0n) is 16.3. The number of hydrogen-bond acceptors (Lipinski definition) is 1. The standard InChI is InChI=1S/C25H14I5OS/c26-21-18(22(27)24(29)25(30)23(21)28)13-31-14-9-11-15(12-10-14)32-19-7-3-1-5-16(19)17-6-2-4-8-20(17)32/h1-12H,13H2/q+1. The molecule has 0 bridgehead atoms. The second kappa shape index (κ2) is 10.3. The summed E-state index contributed by atoms with van der Waals surface area (Å²) in [6, 6.07) is 26.3. The third-order valence-corrected chi connectivity index (χ3v) is 17.3. The minimum atomic E-state index is -0.0657. The molecule has 4 aromatic carbocycles. The van der Waals surface area contributed by atoms with E-state index >= 15 is 0 Å². The van der Waals surface area contributed by atoms with Gasteiger partial charge in [0, 0.05) is 56.8 Å². The Morgan fingerprint density at radius 1 is 0.562 bits per heavy atom. The topological polar surface area (TPSA) is 9.23 Å². The predicted octanol–water partition coefficient (Wildman–Crippen LogP) is 10.3. The highest BCUT2D eigenvalue weighted by molar-refractivity contribution is 14.1. The fourth-order valence-corrected chi connectivity index (χ4v) is 11.3. The van der Waals surface area contributed by atoms with Crippen LogP contribution in [0.25, 0.3) is 25.1 Å². The minimum absolute atomic E-state index is 0.0657. The van der Waals surface area contributed by atoms with Crippen LogP contribution in [0.1, 0.15) is 5.56 Å². The highest BCUT2D eigenvalue weighted by atomic mass is 127. The lowest BCUT2D eigenvalue weighted by atomic mass is 10.2. The minimum Gasteiger partial charge on any atom is -0.489 e. The van der Waals surface area contributed by atoms with Crippen LogP contribution in [0.15, 0.2) is 72.8 Å². The molecule has 1 heterocycles. The quantitative estimate of drug-likeness (QED) is 0.0755. The summed E-state index contributed by atoms with van der Waals surface area (Å²) in [7, 11) is -0.0657. The molecule has 1 aromatic heterocycles. The highest BCUT2D eigenvalue weighted by Crippen LogP contribution is 2.48. The van der Waals surface area contributed by atoms with Crippen molar-refractivity contribution in [1.29, 1.82) is 0 Å². The first kappa shape index (κ1) is 24.3. The van der Waals surface area contributed by atoms with Crippen LogP contribution < -0.4 is 4.74 Å². The molecule has 0 aliphatic rings. The molecule has 0 aliphatic carbocycles. The smallest absolute Gasteiger partial charge is 0.187 e. The molecule has 0 saturated carbocycles. The van der Waals surface area contributed by atoms with E-state index in [9.17, 15) is 0 Å². The molecular formula is C25H14I5OS+. The van der Waals surface area contributed by atoms with Gasteiger partial charge in [-0.25, -0.2) is 0 Å². The Hall–Kier alpha value is 0.550. The molecule has 0 aliphatic heterocycles. The average molecular weight is 997 g/mol. The summed E-state index contributed by atoms with van der Waals surface area (Å²) in [5.41, 5.74) is 1.27. The first-order chi connectivity index (χ1) is 15.5. The summed E-state index contributed by atoms with van der Waals surface area (Å²) in [6.07, 6.45) is 0. The lowest BCUT2D eigenvalue weighted by Gasteiger charge is -2.14. The summed E-state index contributed by atoms with van der Waals surface area (Å²) in [4.78, 5) is 1.33. The van der Waals surface area contributed by atoms with Crippen LogP contribution in [-0.2, 0) is 6.61 Å². The third kappa shape index (κ3) is 4.44. The fourth-order valence-electron chi connectivity index (χ4n) is 3.71. The van der Waals surface area contributed by atoms with Crippen LogP contribution in [0.4, 0.5) is 0 Å². The Labute approximate surface area is 257 Å². The average Bonchev–Trinajstić information content (AvgIpc) is 3.16. The summed E-state index contributed by atoms with van der Waals surface area (Å²) < 4.78 is 15.6. The van der Waals surface area contributed by atoms with Gasteiger partial charge in [-0.2, -0.15) is 0 Å². The van der Waals surface area contributed by atoms with Crippen LogP contribution in [0.2, 0.25) is 0 Å². The Morgan fingerprint density at radius 2 is 1.03 bits per heavy atom. The van der Waals surface area contributed by atoms with E-state index < -0.39 is 0 Å². The van der Waals surface area contributed by atoms with E-state index in [1.54, 1.807) is 0 Å². The van der Waals surface area contributed by atoms with Gasteiger partial charge in [0.05, 0.1) is 0 Å². The molecule has 5 rings (SSSR count). The van der Waals surface area contributed by atoms with Crippen molar-refractivity contribution in [3.05, 3.63) is 96.2 Å². The molecule has 0 N–H and O–H groups in total. The lowest BCUT2D eigenvalue weighted by Crippen LogP contribution is -2.06. The highest BCUT2D eigenvalue weighted by Gasteiger charge is 2.23. The molecule has 32 heavy (non-hydrogen) atoms. The molecule has 0 atom stereocenters. The summed E-state index contributed by atoms with van der Waals surface area (Å²) >= 11 is 12.2. The number of fused-ring (bicyclic) bond motifs is 3. The van der Waals surface area contributed by atoms with Crippen LogP contribution in [-0.4, -0.2) is 0 Å². The van der Waals surface area contributed by atoms with E-state index in [1.165, 1.54) is 48.5 Å². The zero-order chi connectivity index (χ0) is 22.4. The van der Waals surface area contributed by atoms with Crippen LogP contribution in [0.3, 0.4) is 0 Å². The third-order valence-electron chi connectivity index (χ3n) is 5.25. The van der Waals surface area contributed by atoms with Gasteiger partial charge in [0.15, 0.2) is 14.3 Å². The summed E-state index contributed by atoms with van der Waals surface area (Å²) in [6.45, 7) is 0.580. The number of thiophene rings is 1. The molecule has 0 unspecified atom stereocenters.